The van der Waals surface area contributed by atoms with E-state index in [-0.39, 0.29) is 23.0 Å². The van der Waals surface area contributed by atoms with Crippen LogP contribution in [0.15, 0.2) is 0 Å². The lowest BCUT2D eigenvalue weighted by Gasteiger charge is -2.45. The lowest BCUT2D eigenvalue weighted by molar-refractivity contribution is -0.147. The summed E-state index contributed by atoms with van der Waals surface area (Å²) in [6.07, 6.45) is 0. The van der Waals surface area contributed by atoms with Crippen molar-refractivity contribution in [2.75, 3.05) is 13.2 Å². The molecule has 1 atom stereocenters. The van der Waals surface area contributed by atoms with Crippen molar-refractivity contribution in [3.8, 4) is 0 Å². The van der Waals surface area contributed by atoms with Crippen LogP contribution in [0.25, 0.3) is 0 Å². The summed E-state index contributed by atoms with van der Waals surface area (Å²) in [5.74, 6) is -0.202. The van der Waals surface area contributed by atoms with E-state index in [0.29, 0.717) is 13.2 Å². The summed E-state index contributed by atoms with van der Waals surface area (Å²) < 4.78 is 5.28. The summed E-state index contributed by atoms with van der Waals surface area (Å²) in [5, 5.41) is 0. The van der Waals surface area contributed by atoms with Crippen LogP contribution in [0, 0.1) is 5.92 Å². The number of nitrogens with zero attached hydrogens (tertiary/aromatic N) is 1. The summed E-state index contributed by atoms with van der Waals surface area (Å²) in [6.45, 7) is 17.9. The first-order chi connectivity index (χ1) is 8.37. The van der Waals surface area contributed by atoms with Crippen LogP contribution in [0.3, 0.4) is 0 Å². The molecule has 0 bridgehead atoms. The van der Waals surface area contributed by atoms with E-state index in [0.717, 1.165) is 0 Å². The van der Waals surface area contributed by atoms with Gasteiger partial charge in [0.1, 0.15) is 12.6 Å². The van der Waals surface area contributed by atoms with Crippen LogP contribution in [0.4, 0.5) is 0 Å². The van der Waals surface area contributed by atoms with Gasteiger partial charge in [0.2, 0.25) is 0 Å². The van der Waals surface area contributed by atoms with Crippen molar-refractivity contribution in [3.05, 3.63) is 0 Å². The molecule has 4 nitrogen and oxygen atoms in total. The standard InChI is InChI=1S/C15H32N2O2/c1-11(2)12(16)13(18)19-10-9-17(14(3,4)5)15(6,7)8/h11-12H,9-10,16H2,1-8H3. The number of carbonyl (C=O) groups excluding carboxylic acids is 1. The molecular weight excluding hydrogens is 240 g/mol. The predicted octanol–water partition coefficient (Wildman–Crippen LogP) is 2.41. The first-order valence-electron chi connectivity index (χ1n) is 7.07. The van der Waals surface area contributed by atoms with Crippen LogP contribution in [0.1, 0.15) is 55.4 Å². The van der Waals surface area contributed by atoms with Crippen molar-refractivity contribution in [2.45, 2.75) is 72.5 Å². The van der Waals surface area contributed by atoms with Gasteiger partial charge in [-0.05, 0) is 47.5 Å². The Morgan fingerprint density at radius 2 is 1.53 bits per heavy atom. The van der Waals surface area contributed by atoms with Gasteiger partial charge in [-0.2, -0.15) is 0 Å². The number of nitrogens with two attached hydrogens (primary N) is 1. The quantitative estimate of drug-likeness (QED) is 0.781. The molecule has 0 aromatic heterocycles. The summed E-state index contributed by atoms with van der Waals surface area (Å²) in [4.78, 5) is 14.0. The minimum Gasteiger partial charge on any atom is -0.463 e. The second-order valence-corrected chi connectivity index (χ2v) is 7.43. The summed E-state index contributed by atoms with van der Waals surface area (Å²) in [6, 6.07) is -0.530. The lowest BCUT2D eigenvalue weighted by Crippen LogP contribution is -2.54. The molecule has 19 heavy (non-hydrogen) atoms. The zero-order chi connectivity index (χ0) is 15.4. The third-order valence-electron chi connectivity index (χ3n) is 3.17. The number of carbonyl (C=O) groups is 1. The van der Waals surface area contributed by atoms with Crippen LogP contribution < -0.4 is 5.73 Å². The van der Waals surface area contributed by atoms with Crippen molar-refractivity contribution in [1.29, 1.82) is 0 Å². The van der Waals surface area contributed by atoms with Gasteiger partial charge in [0.05, 0.1) is 0 Å². The Morgan fingerprint density at radius 3 is 1.84 bits per heavy atom. The Hall–Kier alpha value is -0.610. The number of rotatable bonds is 5. The molecular formula is C15H32N2O2. The van der Waals surface area contributed by atoms with E-state index in [1.165, 1.54) is 0 Å². The van der Waals surface area contributed by atoms with Gasteiger partial charge in [0.25, 0.3) is 0 Å². The molecule has 0 amide bonds. The second-order valence-electron chi connectivity index (χ2n) is 7.43. The smallest absolute Gasteiger partial charge is 0.323 e. The predicted molar refractivity (Wildman–Crippen MR) is 80.0 cm³/mol. The molecule has 0 heterocycles. The zero-order valence-electron chi connectivity index (χ0n) is 13.9. The maximum Gasteiger partial charge on any atom is 0.323 e. The first-order valence-corrected chi connectivity index (χ1v) is 7.07. The third-order valence-corrected chi connectivity index (χ3v) is 3.17. The Balaban J connectivity index is 4.41. The van der Waals surface area contributed by atoms with Gasteiger partial charge in [-0.15, -0.1) is 0 Å². The molecule has 0 rings (SSSR count). The summed E-state index contributed by atoms with van der Waals surface area (Å²) in [7, 11) is 0. The fourth-order valence-corrected chi connectivity index (χ4v) is 2.28. The van der Waals surface area contributed by atoms with Crippen LogP contribution in [0.2, 0.25) is 0 Å². The Kier molecular flexibility index (Phi) is 6.49. The number of esters is 1. The normalized spacial score (nSPS) is 14.9. The minimum absolute atomic E-state index is 0.0326. The molecule has 114 valence electrons. The van der Waals surface area contributed by atoms with Gasteiger partial charge < -0.3 is 10.5 Å². The van der Waals surface area contributed by atoms with Gasteiger partial charge in [0, 0.05) is 17.6 Å². The summed E-state index contributed by atoms with van der Waals surface area (Å²) >= 11 is 0. The average Bonchev–Trinajstić information content (AvgIpc) is 2.18. The van der Waals surface area contributed by atoms with Crippen LogP contribution >= 0.6 is 0 Å². The number of hydrogen-bond acceptors (Lipinski definition) is 4. The molecule has 0 saturated carbocycles. The van der Waals surface area contributed by atoms with E-state index in [9.17, 15) is 4.79 Å². The highest BCUT2D eigenvalue weighted by atomic mass is 16.5. The third kappa shape index (κ3) is 6.39. The minimum atomic E-state index is -0.530. The molecule has 0 aromatic rings. The monoisotopic (exact) mass is 272 g/mol. The molecule has 0 aliphatic carbocycles. The van der Waals surface area contributed by atoms with Crippen LogP contribution in [-0.4, -0.2) is 41.1 Å². The van der Waals surface area contributed by atoms with Crippen molar-refractivity contribution in [3.63, 3.8) is 0 Å². The van der Waals surface area contributed by atoms with Crippen LogP contribution in [0.5, 0.6) is 0 Å². The SMILES string of the molecule is CC(C)C(N)C(=O)OCCN(C(C)(C)C)C(C)(C)C. The maximum absolute atomic E-state index is 11.7. The second kappa shape index (κ2) is 6.71. The van der Waals surface area contributed by atoms with Crippen molar-refractivity contribution >= 4 is 5.97 Å². The van der Waals surface area contributed by atoms with Gasteiger partial charge in [-0.25, -0.2) is 0 Å². The van der Waals surface area contributed by atoms with E-state index in [1.807, 2.05) is 13.8 Å². The molecule has 0 aromatic carbocycles. The molecule has 4 heteroatoms. The highest BCUT2D eigenvalue weighted by Crippen LogP contribution is 2.24. The van der Waals surface area contributed by atoms with Gasteiger partial charge in [0.15, 0.2) is 0 Å². The Morgan fingerprint density at radius 1 is 1.11 bits per heavy atom. The largest absolute Gasteiger partial charge is 0.463 e. The fraction of sp³-hybridized carbons (Fsp3) is 0.933. The van der Waals surface area contributed by atoms with Gasteiger partial charge in [-0.1, -0.05) is 13.8 Å². The van der Waals surface area contributed by atoms with E-state index in [2.05, 4.69) is 46.4 Å². The van der Waals surface area contributed by atoms with Gasteiger partial charge in [-0.3, -0.25) is 9.69 Å². The lowest BCUT2D eigenvalue weighted by atomic mass is 9.96. The topological polar surface area (TPSA) is 55.6 Å². The molecule has 0 fully saturated rings. The van der Waals surface area contributed by atoms with Gasteiger partial charge >= 0.3 is 5.97 Å². The van der Waals surface area contributed by atoms with E-state index in [1.54, 1.807) is 0 Å². The molecule has 0 aliphatic heterocycles. The highest BCUT2D eigenvalue weighted by Gasteiger charge is 2.31. The highest BCUT2D eigenvalue weighted by molar-refractivity contribution is 5.75. The number of ether oxygens (including phenoxy) is 1. The Bertz CT molecular complexity index is 274. The molecule has 0 spiro atoms. The summed E-state index contributed by atoms with van der Waals surface area (Å²) in [5.41, 5.74) is 5.83. The molecule has 1 unspecified atom stereocenters. The zero-order valence-corrected chi connectivity index (χ0v) is 13.9. The average molecular weight is 272 g/mol. The molecule has 0 aliphatic rings. The van der Waals surface area contributed by atoms with Crippen molar-refractivity contribution in [2.24, 2.45) is 11.7 Å². The molecule has 0 radical (unpaired) electrons. The first kappa shape index (κ1) is 18.4. The Labute approximate surface area is 118 Å². The van der Waals surface area contributed by atoms with E-state index < -0.39 is 6.04 Å². The fourth-order valence-electron chi connectivity index (χ4n) is 2.28. The van der Waals surface area contributed by atoms with E-state index >= 15 is 0 Å². The molecule has 0 saturated heterocycles. The maximum atomic E-state index is 11.7. The van der Waals surface area contributed by atoms with Crippen LogP contribution in [-0.2, 0) is 9.53 Å². The van der Waals surface area contributed by atoms with Crippen molar-refractivity contribution in [1.82, 2.24) is 4.90 Å². The van der Waals surface area contributed by atoms with Crippen molar-refractivity contribution < 1.29 is 9.53 Å². The number of hydrogen-bond donors (Lipinski definition) is 1. The van der Waals surface area contributed by atoms with E-state index in [4.69, 9.17) is 10.5 Å². The molecule has 2 N–H and O–H groups in total.